The topological polar surface area (TPSA) is 57.7 Å². The highest BCUT2D eigenvalue weighted by atomic mass is 19.4. The van der Waals surface area contributed by atoms with Crippen molar-refractivity contribution in [3.05, 3.63) is 30.1 Å². The van der Waals surface area contributed by atoms with Crippen LogP contribution in [0.25, 0.3) is 0 Å². The molecule has 0 atom stereocenters. The lowest BCUT2D eigenvalue weighted by Crippen LogP contribution is -2.52. The molecule has 6 nitrogen and oxygen atoms in total. The Labute approximate surface area is 151 Å². The molecule has 0 bridgehead atoms. The van der Waals surface area contributed by atoms with E-state index in [2.05, 4.69) is 19.9 Å². The molecule has 146 valence electrons. The van der Waals surface area contributed by atoms with Gasteiger partial charge in [-0.1, -0.05) is 6.07 Å². The van der Waals surface area contributed by atoms with Crippen LogP contribution in [-0.4, -0.2) is 79.5 Å². The Kier molecular flexibility index (Phi) is 8.11. The third kappa shape index (κ3) is 8.01. The molecule has 2 heterocycles. The number of nitrogens with one attached hydrogen (secondary N) is 1. The molecule has 0 spiro atoms. The molecule has 9 heteroatoms. The van der Waals surface area contributed by atoms with Gasteiger partial charge in [0.05, 0.1) is 0 Å². The Morgan fingerprint density at radius 3 is 2.65 bits per heavy atom. The summed E-state index contributed by atoms with van der Waals surface area (Å²) in [5, 5.41) is 2.89. The summed E-state index contributed by atoms with van der Waals surface area (Å²) < 4.78 is 40.5. The molecule has 2 amide bonds. The second kappa shape index (κ2) is 10.3. The number of urea groups is 1. The van der Waals surface area contributed by atoms with E-state index in [9.17, 15) is 18.0 Å². The van der Waals surface area contributed by atoms with Crippen molar-refractivity contribution in [1.29, 1.82) is 0 Å². The molecular formula is C17H25F3N4O2. The average Bonchev–Trinajstić information content (AvgIpc) is 2.62. The van der Waals surface area contributed by atoms with E-state index in [0.29, 0.717) is 52.1 Å². The normalized spacial score (nSPS) is 15.9. The molecule has 1 N–H and O–H groups in total. The van der Waals surface area contributed by atoms with Gasteiger partial charge in [-0.25, -0.2) is 4.79 Å². The summed E-state index contributed by atoms with van der Waals surface area (Å²) >= 11 is 0. The van der Waals surface area contributed by atoms with E-state index in [1.807, 2.05) is 18.2 Å². The zero-order chi connectivity index (χ0) is 18.8. The molecule has 0 aromatic carbocycles. The zero-order valence-corrected chi connectivity index (χ0v) is 14.7. The Morgan fingerprint density at radius 2 is 2.00 bits per heavy atom. The number of carbonyl (C=O) groups is 1. The average molecular weight is 374 g/mol. The quantitative estimate of drug-likeness (QED) is 0.707. The van der Waals surface area contributed by atoms with Gasteiger partial charge >= 0.3 is 12.2 Å². The smallest absolute Gasteiger partial charge is 0.372 e. The van der Waals surface area contributed by atoms with Crippen LogP contribution in [0.3, 0.4) is 0 Å². The molecule has 0 radical (unpaired) electrons. The highest BCUT2D eigenvalue weighted by Crippen LogP contribution is 2.14. The van der Waals surface area contributed by atoms with Gasteiger partial charge in [0.2, 0.25) is 0 Å². The molecule has 1 aliphatic heterocycles. The number of hydrogen-bond donors (Lipinski definition) is 1. The number of piperazine rings is 1. The van der Waals surface area contributed by atoms with Crippen LogP contribution in [0.15, 0.2) is 24.4 Å². The predicted molar refractivity (Wildman–Crippen MR) is 90.8 cm³/mol. The first-order valence-corrected chi connectivity index (χ1v) is 8.73. The summed E-state index contributed by atoms with van der Waals surface area (Å²) in [7, 11) is 0. The van der Waals surface area contributed by atoms with Gasteiger partial charge in [0, 0.05) is 64.2 Å². The van der Waals surface area contributed by atoms with Crippen LogP contribution < -0.4 is 5.32 Å². The van der Waals surface area contributed by atoms with Crippen LogP contribution in [0.5, 0.6) is 0 Å². The molecule has 1 aromatic heterocycles. The van der Waals surface area contributed by atoms with Gasteiger partial charge < -0.3 is 15.0 Å². The summed E-state index contributed by atoms with van der Waals surface area (Å²) in [5.74, 6) is 0. The van der Waals surface area contributed by atoms with Crippen LogP contribution in [0.2, 0.25) is 0 Å². The maximum Gasteiger partial charge on any atom is 0.411 e. The molecule has 26 heavy (non-hydrogen) atoms. The largest absolute Gasteiger partial charge is 0.411 e. The van der Waals surface area contributed by atoms with Crippen molar-refractivity contribution in [3.63, 3.8) is 0 Å². The minimum absolute atomic E-state index is 0.0888. The zero-order valence-electron chi connectivity index (χ0n) is 14.7. The lowest BCUT2D eigenvalue weighted by Gasteiger charge is -2.34. The van der Waals surface area contributed by atoms with Crippen molar-refractivity contribution >= 4 is 6.03 Å². The van der Waals surface area contributed by atoms with Gasteiger partial charge in [0.15, 0.2) is 0 Å². The highest BCUT2D eigenvalue weighted by Gasteiger charge is 2.27. The monoisotopic (exact) mass is 374 g/mol. The minimum atomic E-state index is -4.27. The van der Waals surface area contributed by atoms with Gasteiger partial charge in [-0.15, -0.1) is 0 Å². The van der Waals surface area contributed by atoms with Crippen molar-refractivity contribution in [1.82, 2.24) is 20.1 Å². The highest BCUT2D eigenvalue weighted by molar-refractivity contribution is 5.74. The summed E-state index contributed by atoms with van der Waals surface area (Å²) in [6.45, 7) is 2.75. The van der Waals surface area contributed by atoms with E-state index in [1.165, 1.54) is 0 Å². The van der Waals surface area contributed by atoms with Crippen molar-refractivity contribution in [3.8, 4) is 0 Å². The maximum absolute atomic E-state index is 12.1. The molecule has 1 aliphatic rings. The van der Waals surface area contributed by atoms with Gasteiger partial charge in [-0.05, 0) is 18.6 Å². The molecule has 1 aromatic rings. The number of halogens is 3. The van der Waals surface area contributed by atoms with E-state index >= 15 is 0 Å². The molecule has 0 aliphatic carbocycles. The first-order valence-electron chi connectivity index (χ1n) is 8.73. The van der Waals surface area contributed by atoms with Gasteiger partial charge in [-0.2, -0.15) is 13.2 Å². The summed E-state index contributed by atoms with van der Waals surface area (Å²) in [5.41, 5.74) is 0.936. The first kappa shape index (κ1) is 20.4. The van der Waals surface area contributed by atoms with Crippen molar-refractivity contribution in [2.45, 2.75) is 19.0 Å². The fraction of sp³-hybridized carbons (Fsp3) is 0.647. The molecule has 0 unspecified atom stereocenters. The first-order chi connectivity index (χ1) is 12.4. The summed E-state index contributed by atoms with van der Waals surface area (Å²) in [6.07, 6.45) is -1.31. The number of ether oxygens (including phenoxy) is 1. The number of alkyl halides is 3. The van der Waals surface area contributed by atoms with E-state index in [0.717, 1.165) is 5.69 Å². The van der Waals surface area contributed by atoms with Crippen molar-refractivity contribution < 1.29 is 22.7 Å². The van der Waals surface area contributed by atoms with Crippen molar-refractivity contribution in [2.75, 3.05) is 52.5 Å². The van der Waals surface area contributed by atoms with E-state index < -0.39 is 12.8 Å². The van der Waals surface area contributed by atoms with E-state index in [-0.39, 0.29) is 12.6 Å². The minimum Gasteiger partial charge on any atom is -0.372 e. The molecule has 2 rings (SSSR count). The SMILES string of the molecule is O=C(NCCc1ccccn1)N1CCN(CCCOCC(F)(F)F)CC1. The third-order valence-electron chi connectivity index (χ3n) is 4.07. The van der Waals surface area contributed by atoms with Crippen molar-refractivity contribution in [2.24, 2.45) is 0 Å². The number of nitrogens with zero attached hydrogens (tertiary/aromatic N) is 3. The fourth-order valence-electron chi connectivity index (χ4n) is 2.71. The van der Waals surface area contributed by atoms with Gasteiger partial charge in [-0.3, -0.25) is 9.88 Å². The number of amides is 2. The lowest BCUT2D eigenvalue weighted by molar-refractivity contribution is -0.174. The molecule has 1 fully saturated rings. The van der Waals surface area contributed by atoms with Crippen LogP contribution in [0.4, 0.5) is 18.0 Å². The van der Waals surface area contributed by atoms with Crippen LogP contribution >= 0.6 is 0 Å². The Morgan fingerprint density at radius 1 is 1.23 bits per heavy atom. The van der Waals surface area contributed by atoms with Crippen LogP contribution in [0, 0.1) is 0 Å². The second-order valence-corrected chi connectivity index (χ2v) is 6.15. The second-order valence-electron chi connectivity index (χ2n) is 6.15. The fourth-order valence-corrected chi connectivity index (χ4v) is 2.71. The third-order valence-corrected chi connectivity index (χ3v) is 4.07. The summed E-state index contributed by atoms with van der Waals surface area (Å²) in [4.78, 5) is 20.2. The van der Waals surface area contributed by atoms with Crippen LogP contribution in [-0.2, 0) is 11.2 Å². The Bertz CT molecular complexity index is 535. The number of hydrogen-bond acceptors (Lipinski definition) is 4. The number of rotatable bonds is 8. The summed E-state index contributed by atoms with van der Waals surface area (Å²) in [6, 6.07) is 5.60. The van der Waals surface area contributed by atoms with Gasteiger partial charge in [0.25, 0.3) is 0 Å². The van der Waals surface area contributed by atoms with Gasteiger partial charge in [0.1, 0.15) is 6.61 Å². The van der Waals surface area contributed by atoms with E-state index in [4.69, 9.17) is 0 Å². The predicted octanol–water partition coefficient (Wildman–Crippen LogP) is 1.92. The molecule has 0 saturated carbocycles. The number of pyridine rings is 1. The lowest BCUT2D eigenvalue weighted by atomic mass is 10.2. The molecular weight excluding hydrogens is 349 g/mol. The van der Waals surface area contributed by atoms with E-state index in [1.54, 1.807) is 11.1 Å². The van der Waals surface area contributed by atoms with Crippen LogP contribution in [0.1, 0.15) is 12.1 Å². The standard InChI is InChI=1S/C17H25F3N4O2/c18-17(19,20)14-26-13-3-8-23-9-11-24(12-10-23)16(25)22-7-5-15-4-1-2-6-21-15/h1-2,4,6H,3,5,7-14H2,(H,22,25). The Balaban J connectivity index is 1.54. The number of carbonyl (C=O) groups excluding carboxylic acids is 1. The molecule has 1 saturated heterocycles. The maximum atomic E-state index is 12.1. The number of aromatic nitrogens is 1. The Hall–Kier alpha value is -1.87.